The normalized spacial score (nSPS) is 10.6. The van der Waals surface area contributed by atoms with Crippen LogP contribution < -0.4 is 10.1 Å². The summed E-state index contributed by atoms with van der Waals surface area (Å²) in [6.07, 6.45) is 4.37. The summed E-state index contributed by atoms with van der Waals surface area (Å²) >= 11 is 0. The summed E-state index contributed by atoms with van der Waals surface area (Å²) in [5.74, 6) is -1.77. The molecule has 1 heterocycles. The molecular weight excluding hydrogens is 436 g/mol. The Hall–Kier alpha value is -3.81. The summed E-state index contributed by atoms with van der Waals surface area (Å²) in [5.41, 5.74) is 6.25. The largest absolute Gasteiger partial charge is 0.550 e. The zero-order valence-electron chi connectivity index (χ0n) is 19.9. The van der Waals surface area contributed by atoms with Crippen molar-refractivity contribution in [1.29, 1.82) is 0 Å². The topological polar surface area (TPSA) is 148 Å². The van der Waals surface area contributed by atoms with Gasteiger partial charge in [0.15, 0.2) is 5.69 Å². The van der Waals surface area contributed by atoms with E-state index < -0.39 is 11.9 Å². The fourth-order valence-electron chi connectivity index (χ4n) is 3.94. The predicted molar refractivity (Wildman–Crippen MR) is 125 cm³/mol. The van der Waals surface area contributed by atoms with Crippen LogP contribution in [0.3, 0.4) is 0 Å². The maximum Gasteiger partial charge on any atom is 0.303 e. The van der Waals surface area contributed by atoms with Crippen LogP contribution in [0.4, 0.5) is 0 Å². The molecule has 0 saturated carbocycles. The van der Waals surface area contributed by atoms with E-state index in [2.05, 4.69) is 9.97 Å². The van der Waals surface area contributed by atoms with E-state index in [0.717, 1.165) is 39.1 Å². The number of hydrogen-bond acceptors (Lipinski definition) is 5. The van der Waals surface area contributed by atoms with Crippen molar-refractivity contribution >= 4 is 11.9 Å². The molecule has 8 heteroatoms. The van der Waals surface area contributed by atoms with E-state index in [0.29, 0.717) is 12.8 Å². The molecule has 182 valence electrons. The number of hydrogen-bond donors (Lipinski definition) is 4. The van der Waals surface area contributed by atoms with E-state index in [-0.39, 0.29) is 30.3 Å². The molecule has 3 rings (SSSR count). The first kappa shape index (κ1) is 26.4. The number of aryl methyl sites for hydroxylation is 4. The predicted octanol–water partition coefficient (Wildman–Crippen LogP) is 3.04. The first-order chi connectivity index (χ1) is 16.0. The summed E-state index contributed by atoms with van der Waals surface area (Å²) in [5, 5.41) is 39.3. The van der Waals surface area contributed by atoms with Gasteiger partial charge >= 0.3 is 5.97 Å². The molecule has 3 aromatic rings. The molecule has 0 aliphatic heterocycles. The van der Waals surface area contributed by atoms with Crippen LogP contribution in [-0.4, -0.2) is 32.2 Å². The lowest BCUT2D eigenvalue weighted by atomic mass is 9.84. The van der Waals surface area contributed by atoms with Gasteiger partial charge in [-0.1, -0.05) is 35.4 Å². The van der Waals surface area contributed by atoms with Gasteiger partial charge in [-0.15, -0.1) is 0 Å². The van der Waals surface area contributed by atoms with Gasteiger partial charge in [0.05, 0.1) is 5.92 Å². The Morgan fingerprint density at radius 1 is 0.912 bits per heavy atom. The average Bonchev–Trinajstić information content (AvgIpc) is 3.27. The number of phenolic OH excluding ortho intramolecular Hbond substituents is 2. The lowest BCUT2D eigenvalue weighted by Gasteiger charge is -2.20. The lowest BCUT2D eigenvalue weighted by Crippen LogP contribution is -2.21. The molecule has 0 amide bonds. The zero-order valence-corrected chi connectivity index (χ0v) is 19.9. The summed E-state index contributed by atoms with van der Waals surface area (Å²) in [6, 6.07) is 7.87. The van der Waals surface area contributed by atoms with Crippen LogP contribution in [0.2, 0.25) is 0 Å². The number of aromatic hydroxyl groups is 2. The third-order valence-corrected chi connectivity index (χ3v) is 5.46. The van der Waals surface area contributed by atoms with Crippen LogP contribution in [0.5, 0.6) is 11.5 Å². The minimum absolute atomic E-state index is 0.0350. The van der Waals surface area contributed by atoms with Crippen LogP contribution in [0.1, 0.15) is 70.7 Å². The van der Waals surface area contributed by atoms with Crippen molar-refractivity contribution in [3.05, 3.63) is 75.9 Å². The number of imidazole rings is 1. The van der Waals surface area contributed by atoms with Gasteiger partial charge < -0.3 is 25.2 Å². The molecular formula is C26H32N2O6. The fraction of sp³-hybridized carbons (Fsp3) is 0.346. The molecule has 0 aliphatic rings. The highest BCUT2D eigenvalue weighted by Gasteiger charge is 2.28. The summed E-state index contributed by atoms with van der Waals surface area (Å²) in [6.45, 7) is 7.81. The van der Waals surface area contributed by atoms with E-state index in [1.807, 2.05) is 58.2 Å². The van der Waals surface area contributed by atoms with Crippen molar-refractivity contribution < 1.29 is 35.0 Å². The van der Waals surface area contributed by atoms with Crippen molar-refractivity contribution in [3.63, 3.8) is 0 Å². The smallest absolute Gasteiger partial charge is 0.303 e. The highest BCUT2D eigenvalue weighted by Crippen LogP contribution is 2.42. The Labute approximate surface area is 198 Å². The van der Waals surface area contributed by atoms with Gasteiger partial charge in [-0.2, -0.15) is 0 Å². The van der Waals surface area contributed by atoms with E-state index in [9.17, 15) is 24.9 Å². The molecule has 5 N–H and O–H groups in total. The Morgan fingerprint density at radius 3 is 1.82 bits per heavy atom. The molecule has 0 radical (unpaired) electrons. The van der Waals surface area contributed by atoms with Gasteiger partial charge in [0.25, 0.3) is 0 Å². The quantitative estimate of drug-likeness (QED) is 0.374. The third kappa shape index (κ3) is 7.10. The molecule has 0 atom stereocenters. The number of rotatable bonds is 8. The number of carbonyl (C=O) groups is 2. The molecule has 0 fully saturated rings. The highest BCUT2D eigenvalue weighted by molar-refractivity contribution is 5.67. The molecule has 0 bridgehead atoms. The minimum Gasteiger partial charge on any atom is -0.550 e. The Kier molecular flexibility index (Phi) is 9.24. The first-order valence-corrected chi connectivity index (χ1v) is 11.1. The summed E-state index contributed by atoms with van der Waals surface area (Å²) < 4.78 is 0. The number of aliphatic carboxylic acids is 2. The lowest BCUT2D eigenvalue weighted by molar-refractivity contribution is -0.376. The fourth-order valence-corrected chi connectivity index (χ4v) is 3.94. The Morgan fingerprint density at radius 2 is 1.41 bits per heavy atom. The SMILES string of the molecule is Cc1cc(C)c(O)c(C(c2c[nH+]c[nH]2)c2cc(C)cc(C)c2O)c1.O=C([O-])CCCCC(=O)O. The van der Waals surface area contributed by atoms with E-state index >= 15 is 0 Å². The summed E-state index contributed by atoms with van der Waals surface area (Å²) in [7, 11) is 0. The van der Waals surface area contributed by atoms with Crippen molar-refractivity contribution in [1.82, 2.24) is 4.98 Å². The molecule has 0 aliphatic carbocycles. The van der Waals surface area contributed by atoms with Crippen molar-refractivity contribution in [2.45, 2.75) is 59.3 Å². The molecule has 0 unspecified atom stereocenters. The van der Waals surface area contributed by atoms with Crippen molar-refractivity contribution in [2.75, 3.05) is 0 Å². The molecule has 0 saturated heterocycles. The number of nitrogens with one attached hydrogen (secondary N) is 2. The second-order valence-corrected chi connectivity index (χ2v) is 8.50. The van der Waals surface area contributed by atoms with Gasteiger partial charge in [-0.05, 0) is 58.1 Å². The van der Waals surface area contributed by atoms with Gasteiger partial charge in [-0.3, -0.25) is 9.78 Å². The number of unbranched alkanes of at least 4 members (excludes halogenated alkanes) is 1. The second-order valence-electron chi connectivity index (χ2n) is 8.50. The molecule has 2 aromatic carbocycles. The van der Waals surface area contributed by atoms with E-state index in [1.54, 1.807) is 6.33 Å². The van der Waals surface area contributed by atoms with Crippen LogP contribution in [-0.2, 0) is 9.59 Å². The van der Waals surface area contributed by atoms with Crippen molar-refractivity contribution in [2.24, 2.45) is 0 Å². The van der Waals surface area contributed by atoms with Crippen molar-refractivity contribution in [3.8, 4) is 11.5 Å². The number of carbonyl (C=O) groups excluding carboxylic acids is 1. The maximum atomic E-state index is 10.7. The number of benzene rings is 2. The van der Waals surface area contributed by atoms with Crippen LogP contribution in [0.15, 0.2) is 36.8 Å². The van der Waals surface area contributed by atoms with E-state index in [4.69, 9.17) is 5.11 Å². The van der Waals surface area contributed by atoms with Gasteiger partial charge in [0.1, 0.15) is 17.7 Å². The third-order valence-electron chi connectivity index (χ3n) is 5.46. The first-order valence-electron chi connectivity index (χ1n) is 11.1. The number of aromatic nitrogens is 2. The number of aromatic amines is 2. The number of phenols is 2. The Bertz CT molecular complexity index is 1070. The van der Waals surface area contributed by atoms with Crippen LogP contribution in [0, 0.1) is 27.7 Å². The second kappa shape index (κ2) is 11.9. The zero-order chi connectivity index (χ0) is 25.4. The maximum absolute atomic E-state index is 10.7. The molecule has 34 heavy (non-hydrogen) atoms. The van der Waals surface area contributed by atoms with Gasteiger partial charge in [-0.25, -0.2) is 4.98 Å². The molecule has 8 nitrogen and oxygen atoms in total. The van der Waals surface area contributed by atoms with Crippen LogP contribution >= 0.6 is 0 Å². The monoisotopic (exact) mass is 468 g/mol. The van der Waals surface area contributed by atoms with Gasteiger partial charge in [0.2, 0.25) is 6.33 Å². The van der Waals surface area contributed by atoms with Gasteiger partial charge in [0, 0.05) is 23.5 Å². The van der Waals surface area contributed by atoms with E-state index in [1.165, 1.54) is 0 Å². The standard InChI is InChI=1S/C20H22N2O2.C6H10O4/c1-11-5-13(3)19(23)15(7-11)18(17-9-21-10-22-17)16-8-12(2)6-14(4)20(16)24;7-5(8)3-1-2-4-6(9)10/h5-10,18,23-24H,1-4H3,(H,21,22);1-4H2,(H,7,8)(H,9,10). The Balaban J connectivity index is 0.000000347. The molecule has 0 spiro atoms. The average molecular weight is 469 g/mol. The number of carboxylic acids is 2. The van der Waals surface area contributed by atoms with Crippen LogP contribution in [0.25, 0.3) is 0 Å². The summed E-state index contributed by atoms with van der Waals surface area (Å²) in [4.78, 5) is 25.9. The minimum atomic E-state index is -1.12. The number of carboxylic acid groups (broad SMARTS) is 2. The number of H-pyrrole nitrogens is 2. The highest BCUT2D eigenvalue weighted by atomic mass is 16.4. The molecule has 1 aromatic heterocycles.